The molecule has 0 radical (unpaired) electrons. The second-order valence-electron chi connectivity index (χ2n) is 16.1. The van der Waals surface area contributed by atoms with Crippen LogP contribution in [0, 0.1) is 21.3 Å². The molecule has 0 spiro atoms. The number of carbonyl (C=O) groups is 2. The first kappa shape index (κ1) is 33.4. The molecule has 1 heterocycles. The average Bonchev–Trinajstić information content (AvgIpc) is 3.03. The Morgan fingerprint density at radius 3 is 2.08 bits per heavy atom. The summed E-state index contributed by atoms with van der Waals surface area (Å²) in [6.07, 6.45) is 8.51. The van der Waals surface area contributed by atoms with Crippen LogP contribution < -0.4 is 9.47 Å². The third-order valence-corrected chi connectivity index (χ3v) is 11.9. The van der Waals surface area contributed by atoms with Crippen LogP contribution in [0.3, 0.4) is 0 Å². The molecule has 0 atom stereocenters. The fourth-order valence-corrected chi connectivity index (χ4v) is 9.72. The zero-order chi connectivity index (χ0) is 34.0. The Morgan fingerprint density at radius 1 is 0.833 bits per heavy atom. The number of rotatable bonds is 6. The molecule has 1 saturated carbocycles. The van der Waals surface area contributed by atoms with Crippen LogP contribution in [-0.2, 0) is 16.2 Å². The van der Waals surface area contributed by atoms with E-state index in [1.165, 1.54) is 35.6 Å². The van der Waals surface area contributed by atoms with Crippen molar-refractivity contribution in [3.63, 3.8) is 0 Å². The summed E-state index contributed by atoms with van der Waals surface area (Å²) in [6, 6.07) is 17.2. The number of hydrogen-bond acceptors (Lipinski definition) is 5. The third-order valence-electron chi connectivity index (χ3n) is 11.1. The van der Waals surface area contributed by atoms with Gasteiger partial charge in [-0.15, -0.1) is 0 Å². The monoisotopic (exact) mass is 757 g/mol. The summed E-state index contributed by atoms with van der Waals surface area (Å²) >= 11 is 2.34. The Balaban J connectivity index is 1.36. The lowest BCUT2D eigenvalue weighted by Gasteiger charge is -2.52. The standard InChI is InChI=1S/C42H48INO4/c1-25-16-17-26-12-10-11-15-29(26)30(25)24-48-40-31(43)18-27(19-36(40)47-6)37-38-32(20-41(2,3)22-34(38)45)44(28-13-8-7-9-14-28)33-21-42(4,5)23-35(46)39(33)37/h10-12,15-19,28,37H,7-9,13-14,20-24H2,1-6H3. The maximum Gasteiger partial charge on any atom is 0.174 e. The van der Waals surface area contributed by atoms with Crippen molar-refractivity contribution >= 4 is 44.9 Å². The van der Waals surface area contributed by atoms with E-state index in [1.54, 1.807) is 7.11 Å². The number of hydrogen-bond donors (Lipinski definition) is 0. The summed E-state index contributed by atoms with van der Waals surface area (Å²) in [5, 5.41) is 2.37. The topological polar surface area (TPSA) is 55.8 Å². The van der Waals surface area contributed by atoms with Gasteiger partial charge in [-0.1, -0.05) is 83.4 Å². The van der Waals surface area contributed by atoms with Gasteiger partial charge in [-0.3, -0.25) is 9.59 Å². The first-order valence-electron chi connectivity index (χ1n) is 17.7. The molecule has 5 nitrogen and oxygen atoms in total. The first-order valence-corrected chi connectivity index (χ1v) is 18.7. The predicted octanol–water partition coefficient (Wildman–Crippen LogP) is 10.4. The van der Waals surface area contributed by atoms with Crippen molar-refractivity contribution in [3.8, 4) is 11.5 Å². The number of nitrogens with zero attached hydrogens (tertiary/aromatic N) is 1. The molecule has 0 aromatic heterocycles. The summed E-state index contributed by atoms with van der Waals surface area (Å²) in [5.74, 6) is 1.26. The van der Waals surface area contributed by atoms with Crippen LogP contribution in [0.15, 0.2) is 71.1 Å². The summed E-state index contributed by atoms with van der Waals surface area (Å²) < 4.78 is 13.5. The smallest absolute Gasteiger partial charge is 0.174 e. The van der Waals surface area contributed by atoms with Crippen LogP contribution in [0.25, 0.3) is 10.8 Å². The zero-order valence-electron chi connectivity index (χ0n) is 29.3. The van der Waals surface area contributed by atoms with Gasteiger partial charge in [0.1, 0.15) is 6.61 Å². The van der Waals surface area contributed by atoms with Gasteiger partial charge >= 0.3 is 0 Å². The highest BCUT2D eigenvalue weighted by molar-refractivity contribution is 14.1. The molecule has 1 aliphatic heterocycles. The zero-order valence-corrected chi connectivity index (χ0v) is 31.5. The van der Waals surface area contributed by atoms with Crippen LogP contribution in [0.1, 0.15) is 108 Å². The van der Waals surface area contributed by atoms with Crippen molar-refractivity contribution in [2.24, 2.45) is 10.8 Å². The Morgan fingerprint density at radius 2 is 1.46 bits per heavy atom. The van der Waals surface area contributed by atoms with Gasteiger partial charge in [0.2, 0.25) is 0 Å². The van der Waals surface area contributed by atoms with Crippen LogP contribution in [-0.4, -0.2) is 29.6 Å². The number of carbonyl (C=O) groups excluding carboxylic acids is 2. The van der Waals surface area contributed by atoms with Crippen molar-refractivity contribution < 1.29 is 19.1 Å². The Labute approximate surface area is 299 Å². The quantitative estimate of drug-likeness (QED) is 0.235. The number of benzene rings is 3. The summed E-state index contributed by atoms with van der Waals surface area (Å²) in [6.45, 7) is 11.4. The van der Waals surface area contributed by atoms with Crippen LogP contribution in [0.2, 0.25) is 0 Å². The van der Waals surface area contributed by atoms with Crippen LogP contribution >= 0.6 is 22.6 Å². The highest BCUT2D eigenvalue weighted by Gasteiger charge is 2.50. The molecule has 0 saturated heterocycles. The number of Topliss-reactive ketones (excluding diaryl/α,β-unsaturated/α-hetero) is 2. The molecule has 0 bridgehead atoms. The normalized spacial score (nSPS) is 21.4. The molecule has 0 amide bonds. The molecular formula is C42H48INO4. The van der Waals surface area contributed by atoms with Gasteiger partial charge in [0, 0.05) is 52.9 Å². The molecule has 4 aliphatic rings. The Bertz CT molecular complexity index is 1820. The summed E-state index contributed by atoms with van der Waals surface area (Å²) in [7, 11) is 1.68. The molecule has 3 aromatic rings. The minimum absolute atomic E-state index is 0.136. The van der Waals surface area contributed by atoms with E-state index in [-0.39, 0.29) is 22.4 Å². The molecule has 48 heavy (non-hydrogen) atoms. The molecule has 3 aromatic carbocycles. The molecular weight excluding hydrogens is 709 g/mol. The molecule has 0 unspecified atom stereocenters. The highest BCUT2D eigenvalue weighted by Crippen LogP contribution is 2.56. The van der Waals surface area contributed by atoms with E-state index in [0.29, 0.717) is 37.0 Å². The second-order valence-corrected chi connectivity index (χ2v) is 17.3. The van der Waals surface area contributed by atoms with E-state index in [2.05, 4.69) is 105 Å². The maximum atomic E-state index is 14.4. The van der Waals surface area contributed by atoms with Gasteiger partial charge in [0.15, 0.2) is 23.1 Å². The van der Waals surface area contributed by atoms with Gasteiger partial charge in [0.25, 0.3) is 0 Å². The molecule has 1 fully saturated rings. The average molecular weight is 758 g/mol. The third kappa shape index (κ3) is 6.01. The number of methoxy groups -OCH3 is 1. The SMILES string of the molecule is COc1cc(C2C3=C(CC(C)(C)CC3=O)N(C3CCCCC3)C3=C2C(=O)CC(C)(C)C3)cc(I)c1OCc1c(C)ccc2ccccc12. The maximum absolute atomic E-state index is 14.4. The Kier molecular flexibility index (Phi) is 8.79. The van der Waals surface area contributed by atoms with Crippen molar-refractivity contribution in [3.05, 3.63) is 91.3 Å². The van der Waals surface area contributed by atoms with Crippen molar-refractivity contribution in [2.45, 2.75) is 111 Å². The summed E-state index contributed by atoms with van der Waals surface area (Å²) in [4.78, 5) is 31.3. The number of halogens is 1. The van der Waals surface area contributed by atoms with Gasteiger partial charge < -0.3 is 14.4 Å². The number of ether oxygens (including phenoxy) is 2. The van der Waals surface area contributed by atoms with E-state index in [1.807, 2.05) is 6.07 Å². The summed E-state index contributed by atoms with van der Waals surface area (Å²) in [5.41, 5.74) is 7.01. The van der Waals surface area contributed by atoms with Crippen LogP contribution in [0.5, 0.6) is 11.5 Å². The molecule has 6 heteroatoms. The predicted molar refractivity (Wildman–Crippen MR) is 200 cm³/mol. The second kappa shape index (κ2) is 12.6. The van der Waals surface area contributed by atoms with E-state index >= 15 is 0 Å². The first-order chi connectivity index (χ1) is 22.9. The number of aryl methyl sites for hydroxylation is 1. The van der Waals surface area contributed by atoms with Gasteiger partial charge in [0.05, 0.1) is 10.7 Å². The van der Waals surface area contributed by atoms with E-state index < -0.39 is 5.92 Å². The lowest BCUT2D eigenvalue weighted by Crippen LogP contribution is -2.48. The number of fused-ring (bicyclic) bond motifs is 1. The van der Waals surface area contributed by atoms with Crippen LogP contribution in [0.4, 0.5) is 0 Å². The van der Waals surface area contributed by atoms with Gasteiger partial charge in [-0.25, -0.2) is 0 Å². The fraction of sp³-hybridized carbons (Fsp3) is 0.476. The Hall–Kier alpha value is -3.13. The fourth-order valence-electron chi connectivity index (χ4n) is 8.94. The number of ketones is 2. The van der Waals surface area contributed by atoms with Crippen molar-refractivity contribution in [1.29, 1.82) is 0 Å². The lowest BCUT2D eigenvalue weighted by atomic mass is 9.63. The van der Waals surface area contributed by atoms with Gasteiger partial charge in [-0.05, 0) is 100 Å². The molecule has 3 aliphatic carbocycles. The lowest BCUT2D eigenvalue weighted by molar-refractivity contribution is -0.119. The molecule has 0 N–H and O–H groups in total. The van der Waals surface area contributed by atoms with E-state index in [4.69, 9.17) is 9.47 Å². The number of allylic oxidation sites excluding steroid dienone is 4. The van der Waals surface area contributed by atoms with Crippen molar-refractivity contribution in [2.75, 3.05) is 7.11 Å². The molecule has 7 rings (SSSR count). The van der Waals surface area contributed by atoms with E-state index in [0.717, 1.165) is 62.9 Å². The largest absolute Gasteiger partial charge is 0.493 e. The minimum atomic E-state index is -0.404. The van der Waals surface area contributed by atoms with E-state index in [9.17, 15) is 9.59 Å². The molecule has 252 valence electrons. The minimum Gasteiger partial charge on any atom is -0.493 e. The highest BCUT2D eigenvalue weighted by atomic mass is 127. The van der Waals surface area contributed by atoms with Crippen molar-refractivity contribution in [1.82, 2.24) is 4.90 Å². The van der Waals surface area contributed by atoms with Gasteiger partial charge in [-0.2, -0.15) is 0 Å².